The van der Waals surface area contributed by atoms with Gasteiger partial charge in [0.05, 0.1) is 5.69 Å². The summed E-state index contributed by atoms with van der Waals surface area (Å²) >= 11 is 0. The molecule has 372 valence electrons. The van der Waals surface area contributed by atoms with Crippen molar-refractivity contribution in [2.75, 3.05) is 9.80 Å². The molecule has 0 fully saturated rings. The van der Waals surface area contributed by atoms with E-state index in [1.54, 1.807) is 0 Å². The maximum Gasteiger partial charge on any atom is 0.143 e. The van der Waals surface area contributed by atoms with Gasteiger partial charge in [0, 0.05) is 50.2 Å². The van der Waals surface area contributed by atoms with Crippen molar-refractivity contribution < 1.29 is 4.42 Å². The summed E-state index contributed by atoms with van der Waals surface area (Å²) in [5, 5.41) is 14.6. The number of hydrogen-bond acceptors (Lipinski definition) is 3. The van der Waals surface area contributed by atoms with Gasteiger partial charge in [-0.15, -0.1) is 0 Å². The van der Waals surface area contributed by atoms with Crippen molar-refractivity contribution in [3.05, 3.63) is 290 Å². The van der Waals surface area contributed by atoms with Gasteiger partial charge < -0.3 is 14.2 Å². The van der Waals surface area contributed by atoms with Gasteiger partial charge in [-0.3, -0.25) is 0 Å². The molecule has 0 aliphatic carbocycles. The van der Waals surface area contributed by atoms with Gasteiger partial charge in [-0.05, 0) is 174 Å². The maximum atomic E-state index is 6.56. The molecule has 0 saturated heterocycles. The summed E-state index contributed by atoms with van der Waals surface area (Å²) in [6.07, 6.45) is 0. The predicted octanol–water partition coefficient (Wildman–Crippen LogP) is 21.9. The Hall–Kier alpha value is -10.2. The van der Waals surface area contributed by atoms with E-state index in [1.807, 2.05) is 6.07 Å². The average Bonchev–Trinajstić information content (AvgIpc) is 4.00. The second-order valence-electron chi connectivity index (χ2n) is 20.9. The minimum absolute atomic E-state index is 0.904. The zero-order chi connectivity index (χ0) is 52.6. The molecule has 15 rings (SSSR count). The van der Waals surface area contributed by atoms with E-state index in [0.29, 0.717) is 0 Å². The summed E-state index contributed by atoms with van der Waals surface area (Å²) in [5.74, 6) is 0. The van der Waals surface area contributed by atoms with E-state index < -0.39 is 0 Å². The van der Waals surface area contributed by atoms with Gasteiger partial charge in [0.25, 0.3) is 0 Å². The zero-order valence-corrected chi connectivity index (χ0v) is 43.9. The van der Waals surface area contributed by atoms with Gasteiger partial charge in [-0.2, -0.15) is 0 Å². The van der Waals surface area contributed by atoms with Crippen LogP contribution in [0.1, 0.15) is 11.1 Å². The van der Waals surface area contributed by atoms with Crippen LogP contribution in [0.3, 0.4) is 0 Å². The van der Waals surface area contributed by atoms with Crippen LogP contribution in [0.4, 0.5) is 34.1 Å². The van der Waals surface area contributed by atoms with Crippen LogP contribution in [0.2, 0.25) is 0 Å². The third kappa shape index (κ3) is 7.73. The Labute approximate surface area is 459 Å². The van der Waals surface area contributed by atoms with Crippen LogP contribution >= 0.6 is 0 Å². The van der Waals surface area contributed by atoms with Gasteiger partial charge >= 0.3 is 0 Å². The molecule has 0 atom stereocenters. The van der Waals surface area contributed by atoms with E-state index in [4.69, 9.17) is 4.42 Å². The summed E-state index contributed by atoms with van der Waals surface area (Å²) in [6.45, 7) is 4.50. The number of aryl methyl sites for hydroxylation is 2. The van der Waals surface area contributed by atoms with E-state index in [9.17, 15) is 0 Å². The largest absolute Gasteiger partial charge is 0.455 e. The highest BCUT2D eigenvalue weighted by atomic mass is 16.3. The monoisotopic (exact) mass is 1010 g/mol. The topological polar surface area (TPSA) is 19.6 Å². The Bertz CT molecular complexity index is 4840. The number of para-hydroxylation sites is 3. The van der Waals surface area contributed by atoms with E-state index in [-0.39, 0.29) is 0 Å². The average molecular weight is 1010 g/mol. The Balaban J connectivity index is 0.841. The van der Waals surface area contributed by atoms with Crippen LogP contribution in [0.5, 0.6) is 0 Å². The second-order valence-corrected chi connectivity index (χ2v) is 20.9. The third-order valence-electron chi connectivity index (χ3n) is 16.3. The lowest BCUT2D eigenvalue weighted by molar-refractivity contribution is 0.670. The number of anilines is 6. The normalized spacial score (nSPS) is 11.7. The highest BCUT2D eigenvalue weighted by Gasteiger charge is 2.21. The van der Waals surface area contributed by atoms with Crippen molar-refractivity contribution in [2.45, 2.75) is 13.8 Å². The van der Waals surface area contributed by atoms with Gasteiger partial charge in [-0.1, -0.05) is 206 Å². The number of fused-ring (bicyclic) bond motifs is 11. The fourth-order valence-corrected chi connectivity index (χ4v) is 12.6. The first-order valence-electron chi connectivity index (χ1n) is 27.2. The molecular formula is C76H52N2O. The molecule has 15 aromatic rings. The molecule has 3 heteroatoms. The molecule has 0 saturated carbocycles. The zero-order valence-electron chi connectivity index (χ0n) is 43.9. The Morgan fingerprint density at radius 2 is 0.709 bits per heavy atom. The molecule has 1 aromatic heterocycles. The van der Waals surface area contributed by atoms with Gasteiger partial charge in [-0.25, -0.2) is 0 Å². The first-order valence-corrected chi connectivity index (χ1v) is 27.2. The van der Waals surface area contributed by atoms with Crippen molar-refractivity contribution in [1.82, 2.24) is 0 Å². The molecule has 1 heterocycles. The Kier molecular flexibility index (Phi) is 11.0. The standard InChI is InChI=1S/C76H52N2O/c1-49-46-55(38-41-58(49)59-42-39-56(47-50(59)2)78(53-20-4-3-5-21-53)74-32-16-19-51-18-6-7-22-61(51)74)77(57-40-43-69-66-27-11-10-25-64(66)65-26-12-13-28-67(65)73(69)48-57)54-36-34-52(35-37-54)60-44-45-68(63-24-9-8-23-62(60)63)71-30-17-31-72-70-29-14-15-33-75(70)79-76(71)72/h3-48H,1-2H3. The van der Waals surface area contributed by atoms with Crippen molar-refractivity contribution in [3.63, 3.8) is 0 Å². The smallest absolute Gasteiger partial charge is 0.143 e. The van der Waals surface area contributed by atoms with Crippen molar-refractivity contribution in [2.24, 2.45) is 0 Å². The summed E-state index contributed by atoms with van der Waals surface area (Å²) < 4.78 is 6.56. The molecule has 0 aliphatic heterocycles. The lowest BCUT2D eigenvalue weighted by atomic mass is 9.91. The number of rotatable bonds is 9. The fraction of sp³-hybridized carbons (Fsp3) is 0.0263. The van der Waals surface area contributed by atoms with Crippen molar-refractivity contribution >= 4 is 110 Å². The molecule has 0 bridgehead atoms. The Morgan fingerprint density at radius 3 is 1.39 bits per heavy atom. The summed E-state index contributed by atoms with van der Waals surface area (Å²) in [5.41, 5.74) is 17.9. The van der Waals surface area contributed by atoms with Crippen LogP contribution < -0.4 is 9.80 Å². The molecule has 3 nitrogen and oxygen atoms in total. The minimum Gasteiger partial charge on any atom is -0.455 e. The summed E-state index contributed by atoms with van der Waals surface area (Å²) in [7, 11) is 0. The summed E-state index contributed by atoms with van der Waals surface area (Å²) in [4.78, 5) is 4.81. The highest BCUT2D eigenvalue weighted by molar-refractivity contribution is 6.26. The SMILES string of the molecule is Cc1cc(N(c2ccc(-c3ccc(-c4cccc5c4oc4ccccc45)c4ccccc34)cc2)c2ccc3c4ccccc4c4ccccc4c3c2)ccc1-c1ccc(N(c2ccccc2)c2cccc3ccccc23)cc1C. The number of nitrogens with zero attached hydrogens (tertiary/aromatic N) is 2. The molecule has 14 aromatic carbocycles. The Morgan fingerprint density at radius 1 is 0.253 bits per heavy atom. The van der Waals surface area contributed by atoms with Crippen LogP contribution in [-0.4, -0.2) is 0 Å². The lowest BCUT2D eigenvalue weighted by Crippen LogP contribution is -2.11. The molecule has 0 radical (unpaired) electrons. The molecule has 0 aliphatic rings. The third-order valence-corrected chi connectivity index (χ3v) is 16.3. The van der Waals surface area contributed by atoms with E-state index >= 15 is 0 Å². The lowest BCUT2D eigenvalue weighted by Gasteiger charge is -2.28. The maximum absolute atomic E-state index is 6.56. The molecule has 79 heavy (non-hydrogen) atoms. The first-order chi connectivity index (χ1) is 39.0. The molecular weight excluding hydrogens is 957 g/mol. The molecule has 0 spiro atoms. The molecule has 0 N–H and O–H groups in total. The first kappa shape index (κ1) is 46.1. The van der Waals surface area contributed by atoms with Crippen LogP contribution in [0.15, 0.2) is 283 Å². The van der Waals surface area contributed by atoms with Crippen LogP contribution in [0.25, 0.3) is 109 Å². The van der Waals surface area contributed by atoms with Gasteiger partial charge in [0.15, 0.2) is 0 Å². The number of hydrogen-bond donors (Lipinski definition) is 0. The summed E-state index contributed by atoms with van der Waals surface area (Å²) in [6, 6.07) is 102. The minimum atomic E-state index is 0.904. The fourth-order valence-electron chi connectivity index (χ4n) is 12.6. The van der Waals surface area contributed by atoms with Crippen LogP contribution in [0, 0.1) is 13.8 Å². The molecule has 0 unspecified atom stereocenters. The van der Waals surface area contributed by atoms with Crippen molar-refractivity contribution in [1.29, 1.82) is 0 Å². The van der Waals surface area contributed by atoms with E-state index in [0.717, 1.165) is 72.8 Å². The number of furan rings is 1. The van der Waals surface area contributed by atoms with Crippen molar-refractivity contribution in [3.8, 4) is 33.4 Å². The van der Waals surface area contributed by atoms with Gasteiger partial charge in [0.1, 0.15) is 11.2 Å². The quantitative estimate of drug-likeness (QED) is 0.134. The van der Waals surface area contributed by atoms with E-state index in [1.165, 1.54) is 81.7 Å². The second kappa shape index (κ2) is 18.8. The number of benzene rings is 14. The predicted molar refractivity (Wildman–Crippen MR) is 336 cm³/mol. The van der Waals surface area contributed by atoms with Crippen LogP contribution in [-0.2, 0) is 0 Å². The van der Waals surface area contributed by atoms with E-state index in [2.05, 4.69) is 297 Å². The van der Waals surface area contributed by atoms with Gasteiger partial charge in [0.2, 0.25) is 0 Å². The molecule has 0 amide bonds. The highest BCUT2D eigenvalue weighted by Crippen LogP contribution is 2.46.